The lowest BCUT2D eigenvalue weighted by Crippen LogP contribution is -2.31. The third-order valence-electron chi connectivity index (χ3n) is 2.22. The maximum absolute atomic E-state index is 11.4. The zero-order valence-corrected chi connectivity index (χ0v) is 9.06. The molecule has 1 aliphatic rings. The Labute approximate surface area is 93.4 Å². The normalized spacial score (nSPS) is 14.3. The molecule has 1 heterocycles. The van der Waals surface area contributed by atoms with Crippen LogP contribution in [0.5, 0.6) is 5.88 Å². The summed E-state index contributed by atoms with van der Waals surface area (Å²) in [5.41, 5.74) is 0. The second-order valence-corrected chi connectivity index (χ2v) is 3.64. The third kappa shape index (κ3) is 3.08. The first kappa shape index (κ1) is 10.7. The van der Waals surface area contributed by atoms with Crippen molar-refractivity contribution in [1.82, 2.24) is 15.3 Å². The number of hydrogen-bond donors (Lipinski definition) is 2. The van der Waals surface area contributed by atoms with E-state index < -0.39 is 0 Å². The van der Waals surface area contributed by atoms with Crippen molar-refractivity contribution < 1.29 is 9.53 Å². The summed E-state index contributed by atoms with van der Waals surface area (Å²) in [7, 11) is 1.53. The topological polar surface area (TPSA) is 76.1 Å². The van der Waals surface area contributed by atoms with Crippen LogP contribution < -0.4 is 15.4 Å². The van der Waals surface area contributed by atoms with Gasteiger partial charge in [-0.15, -0.1) is 0 Å². The van der Waals surface area contributed by atoms with Crippen LogP contribution in [-0.2, 0) is 4.79 Å². The average Bonchev–Trinajstić information content (AvgIpc) is 3.10. The van der Waals surface area contributed by atoms with Crippen molar-refractivity contribution in [3.05, 3.63) is 12.4 Å². The monoisotopic (exact) mass is 222 g/mol. The first-order valence-electron chi connectivity index (χ1n) is 5.17. The van der Waals surface area contributed by atoms with Crippen molar-refractivity contribution >= 4 is 11.7 Å². The van der Waals surface area contributed by atoms with Gasteiger partial charge in [0.15, 0.2) is 0 Å². The molecule has 16 heavy (non-hydrogen) atoms. The number of nitrogens with zero attached hydrogens (tertiary/aromatic N) is 2. The van der Waals surface area contributed by atoms with Crippen LogP contribution in [0.3, 0.4) is 0 Å². The van der Waals surface area contributed by atoms with Gasteiger partial charge in [-0.1, -0.05) is 0 Å². The van der Waals surface area contributed by atoms with Gasteiger partial charge in [0.05, 0.1) is 13.7 Å². The van der Waals surface area contributed by atoms with E-state index in [-0.39, 0.29) is 12.5 Å². The summed E-state index contributed by atoms with van der Waals surface area (Å²) in [6.45, 7) is 0.219. The van der Waals surface area contributed by atoms with Crippen molar-refractivity contribution in [3.8, 4) is 5.88 Å². The molecule has 0 unspecified atom stereocenters. The van der Waals surface area contributed by atoms with Crippen LogP contribution in [0.4, 0.5) is 5.82 Å². The van der Waals surface area contributed by atoms with E-state index in [9.17, 15) is 4.79 Å². The van der Waals surface area contributed by atoms with Gasteiger partial charge in [0.25, 0.3) is 0 Å². The fourth-order valence-electron chi connectivity index (χ4n) is 1.22. The van der Waals surface area contributed by atoms with Crippen LogP contribution in [0, 0.1) is 0 Å². The van der Waals surface area contributed by atoms with E-state index in [1.54, 1.807) is 6.07 Å². The molecule has 2 N–H and O–H groups in total. The van der Waals surface area contributed by atoms with Gasteiger partial charge in [-0.05, 0) is 12.8 Å². The Kier molecular flexibility index (Phi) is 3.19. The van der Waals surface area contributed by atoms with Crippen molar-refractivity contribution in [1.29, 1.82) is 0 Å². The van der Waals surface area contributed by atoms with Crippen molar-refractivity contribution in [2.24, 2.45) is 0 Å². The van der Waals surface area contributed by atoms with Gasteiger partial charge in [0.2, 0.25) is 11.8 Å². The summed E-state index contributed by atoms with van der Waals surface area (Å²) in [6, 6.07) is 2.03. The van der Waals surface area contributed by atoms with Gasteiger partial charge >= 0.3 is 0 Å². The van der Waals surface area contributed by atoms with Gasteiger partial charge in [0, 0.05) is 12.1 Å². The minimum absolute atomic E-state index is 0.0138. The number of ether oxygens (including phenoxy) is 1. The molecular weight excluding hydrogens is 208 g/mol. The zero-order chi connectivity index (χ0) is 11.4. The first-order valence-corrected chi connectivity index (χ1v) is 5.17. The highest BCUT2D eigenvalue weighted by Gasteiger charge is 2.22. The van der Waals surface area contributed by atoms with Crippen LogP contribution in [-0.4, -0.2) is 35.6 Å². The molecule has 0 atom stereocenters. The molecule has 1 saturated carbocycles. The van der Waals surface area contributed by atoms with Crippen molar-refractivity contribution in [2.45, 2.75) is 18.9 Å². The Hall–Kier alpha value is -1.85. The van der Waals surface area contributed by atoms with Gasteiger partial charge < -0.3 is 15.4 Å². The maximum atomic E-state index is 11.4. The first-order chi connectivity index (χ1) is 7.78. The molecule has 2 rings (SSSR count). The molecule has 0 saturated heterocycles. The van der Waals surface area contributed by atoms with Crippen LogP contribution in [0.2, 0.25) is 0 Å². The Balaban J connectivity index is 1.80. The summed E-state index contributed by atoms with van der Waals surface area (Å²) in [4.78, 5) is 19.2. The standard InChI is InChI=1S/C10H14N4O2/c1-16-10-4-8(12-6-13-10)11-5-9(15)14-7-2-3-7/h4,6-7H,2-3,5H2,1H3,(H,14,15)(H,11,12,13). The van der Waals surface area contributed by atoms with Crippen molar-refractivity contribution in [3.63, 3.8) is 0 Å². The van der Waals surface area contributed by atoms with E-state index in [1.807, 2.05) is 0 Å². The Morgan fingerprint density at radius 1 is 1.56 bits per heavy atom. The Bertz CT molecular complexity index is 379. The number of carbonyl (C=O) groups excluding carboxylic acids is 1. The molecule has 1 aromatic heterocycles. The van der Waals surface area contributed by atoms with E-state index in [4.69, 9.17) is 4.74 Å². The minimum atomic E-state index is -0.0138. The molecule has 6 heteroatoms. The fraction of sp³-hybridized carbons (Fsp3) is 0.500. The lowest BCUT2D eigenvalue weighted by Gasteiger charge is -2.06. The molecule has 1 amide bonds. The summed E-state index contributed by atoms with van der Waals surface area (Å²) in [5, 5.41) is 5.79. The molecule has 0 radical (unpaired) electrons. The largest absolute Gasteiger partial charge is 0.481 e. The summed E-state index contributed by atoms with van der Waals surface area (Å²) < 4.78 is 4.94. The van der Waals surface area contributed by atoms with Crippen LogP contribution in [0.25, 0.3) is 0 Å². The van der Waals surface area contributed by atoms with Crippen molar-refractivity contribution in [2.75, 3.05) is 19.0 Å². The lowest BCUT2D eigenvalue weighted by atomic mass is 10.5. The average molecular weight is 222 g/mol. The van der Waals surface area contributed by atoms with E-state index >= 15 is 0 Å². The molecule has 0 aliphatic heterocycles. The SMILES string of the molecule is COc1cc(NCC(=O)NC2CC2)ncn1. The quantitative estimate of drug-likeness (QED) is 0.743. The number of aromatic nitrogens is 2. The molecule has 0 bridgehead atoms. The molecule has 1 fully saturated rings. The number of methoxy groups -OCH3 is 1. The second kappa shape index (κ2) is 4.78. The summed E-state index contributed by atoms with van der Waals surface area (Å²) >= 11 is 0. The molecule has 0 spiro atoms. The zero-order valence-electron chi connectivity index (χ0n) is 9.06. The number of hydrogen-bond acceptors (Lipinski definition) is 5. The smallest absolute Gasteiger partial charge is 0.239 e. The summed E-state index contributed by atoms with van der Waals surface area (Å²) in [6.07, 6.45) is 3.57. The van der Waals surface area contributed by atoms with Gasteiger partial charge in [-0.2, -0.15) is 0 Å². The Morgan fingerprint density at radius 3 is 3.06 bits per heavy atom. The number of carbonyl (C=O) groups is 1. The maximum Gasteiger partial charge on any atom is 0.239 e. The predicted molar refractivity (Wildman–Crippen MR) is 58.2 cm³/mol. The van der Waals surface area contributed by atoms with E-state index in [0.717, 1.165) is 12.8 Å². The number of rotatable bonds is 5. The predicted octanol–water partition coefficient (Wildman–Crippen LogP) is 0.176. The van der Waals surface area contributed by atoms with Gasteiger partial charge in [-0.3, -0.25) is 4.79 Å². The molecule has 86 valence electrons. The van der Waals surface area contributed by atoms with Gasteiger partial charge in [0.1, 0.15) is 12.1 Å². The lowest BCUT2D eigenvalue weighted by molar-refractivity contribution is -0.119. The second-order valence-electron chi connectivity index (χ2n) is 3.64. The highest BCUT2D eigenvalue weighted by molar-refractivity contribution is 5.80. The molecule has 1 aromatic rings. The number of amides is 1. The van der Waals surface area contributed by atoms with E-state index in [1.165, 1.54) is 13.4 Å². The summed E-state index contributed by atoms with van der Waals surface area (Å²) in [5.74, 6) is 1.04. The van der Waals surface area contributed by atoms with Gasteiger partial charge in [-0.25, -0.2) is 9.97 Å². The number of nitrogens with one attached hydrogen (secondary N) is 2. The molecular formula is C10H14N4O2. The van der Waals surface area contributed by atoms with Crippen LogP contribution in [0.1, 0.15) is 12.8 Å². The minimum Gasteiger partial charge on any atom is -0.481 e. The highest BCUT2D eigenvalue weighted by atomic mass is 16.5. The van der Waals surface area contributed by atoms with E-state index in [0.29, 0.717) is 17.7 Å². The Morgan fingerprint density at radius 2 is 2.38 bits per heavy atom. The molecule has 1 aliphatic carbocycles. The number of anilines is 1. The van der Waals surface area contributed by atoms with Crippen LogP contribution >= 0.6 is 0 Å². The van der Waals surface area contributed by atoms with Crippen LogP contribution in [0.15, 0.2) is 12.4 Å². The van der Waals surface area contributed by atoms with E-state index in [2.05, 4.69) is 20.6 Å². The fourth-order valence-corrected chi connectivity index (χ4v) is 1.22. The third-order valence-corrected chi connectivity index (χ3v) is 2.22. The molecule has 0 aromatic carbocycles. The molecule has 6 nitrogen and oxygen atoms in total. The highest BCUT2D eigenvalue weighted by Crippen LogP contribution is 2.18.